The third-order valence-corrected chi connectivity index (χ3v) is 4.37. The Morgan fingerprint density at radius 2 is 2.04 bits per heavy atom. The lowest BCUT2D eigenvalue weighted by molar-refractivity contribution is -0.143. The zero-order chi connectivity index (χ0) is 18.5. The first-order valence-corrected chi connectivity index (χ1v) is 8.45. The summed E-state index contributed by atoms with van der Waals surface area (Å²) in [6.45, 7) is 9.61. The van der Waals surface area contributed by atoms with E-state index in [0.29, 0.717) is 18.0 Å². The van der Waals surface area contributed by atoms with Gasteiger partial charge < -0.3 is 14.5 Å². The Labute approximate surface area is 152 Å². The lowest BCUT2D eigenvalue weighted by Crippen LogP contribution is -2.12. The van der Waals surface area contributed by atoms with Crippen molar-refractivity contribution in [1.82, 2.24) is 4.98 Å². The molecule has 3 aromatic rings. The van der Waals surface area contributed by atoms with Crippen molar-refractivity contribution < 1.29 is 14.3 Å². The molecule has 26 heavy (non-hydrogen) atoms. The van der Waals surface area contributed by atoms with Crippen LogP contribution in [-0.4, -0.2) is 24.7 Å². The third-order valence-electron chi connectivity index (χ3n) is 4.37. The Morgan fingerprint density at radius 3 is 2.69 bits per heavy atom. The van der Waals surface area contributed by atoms with Crippen molar-refractivity contribution >= 4 is 22.6 Å². The molecule has 0 radical (unpaired) electrons. The fourth-order valence-corrected chi connectivity index (χ4v) is 3.22. The number of aromatic amines is 1. The third kappa shape index (κ3) is 3.40. The van der Waals surface area contributed by atoms with Crippen molar-refractivity contribution in [3.63, 3.8) is 0 Å². The SMILES string of the molecule is [C-]#[N+]c1c[nH]c2cc(OC)cc(C(CC(=O)OCC)c3ccccc3)c12. The molecule has 5 nitrogen and oxygen atoms in total. The van der Waals surface area contributed by atoms with Crippen LogP contribution >= 0.6 is 0 Å². The van der Waals surface area contributed by atoms with Crippen molar-refractivity contribution in [3.8, 4) is 5.75 Å². The van der Waals surface area contributed by atoms with Crippen LogP contribution in [0.1, 0.15) is 30.4 Å². The molecular formula is C21H20N2O3. The van der Waals surface area contributed by atoms with E-state index in [-0.39, 0.29) is 18.3 Å². The van der Waals surface area contributed by atoms with Gasteiger partial charge in [0, 0.05) is 29.1 Å². The summed E-state index contributed by atoms with van der Waals surface area (Å²) in [7, 11) is 1.60. The van der Waals surface area contributed by atoms with Crippen LogP contribution in [0.5, 0.6) is 5.75 Å². The van der Waals surface area contributed by atoms with Crippen molar-refractivity contribution in [2.45, 2.75) is 19.3 Å². The molecule has 5 heteroatoms. The summed E-state index contributed by atoms with van der Waals surface area (Å²) in [5.74, 6) is 0.178. The largest absolute Gasteiger partial charge is 0.497 e. The molecule has 0 fully saturated rings. The summed E-state index contributed by atoms with van der Waals surface area (Å²) in [5.41, 5.74) is 3.22. The number of aromatic nitrogens is 1. The average Bonchev–Trinajstić information content (AvgIpc) is 3.09. The quantitative estimate of drug-likeness (QED) is 0.514. The molecule has 0 saturated heterocycles. The first-order chi connectivity index (χ1) is 12.7. The minimum absolute atomic E-state index is 0.197. The number of carbonyl (C=O) groups is 1. The van der Waals surface area contributed by atoms with Gasteiger partial charge in [0.05, 0.1) is 26.7 Å². The maximum atomic E-state index is 12.3. The molecule has 1 N–H and O–H groups in total. The zero-order valence-electron chi connectivity index (χ0n) is 14.8. The van der Waals surface area contributed by atoms with Gasteiger partial charge in [-0.15, -0.1) is 0 Å². The van der Waals surface area contributed by atoms with Crippen LogP contribution in [-0.2, 0) is 9.53 Å². The molecule has 0 aliphatic carbocycles. The fourth-order valence-electron chi connectivity index (χ4n) is 3.22. The summed E-state index contributed by atoms with van der Waals surface area (Å²) in [5, 5.41) is 0.818. The Hall–Kier alpha value is -3.26. The van der Waals surface area contributed by atoms with E-state index >= 15 is 0 Å². The number of hydrogen-bond acceptors (Lipinski definition) is 3. The standard InChI is InChI=1S/C21H20N2O3/c1-4-26-20(24)12-16(14-8-6-5-7-9-14)17-10-15(25-3)11-18-21(17)19(22-2)13-23-18/h5-11,13,16,23H,4,12H2,1,3H3. The van der Waals surface area contributed by atoms with E-state index in [0.717, 1.165) is 22.0 Å². The lowest BCUT2D eigenvalue weighted by atomic mass is 9.86. The van der Waals surface area contributed by atoms with Crippen molar-refractivity contribution in [2.24, 2.45) is 0 Å². The maximum absolute atomic E-state index is 12.3. The van der Waals surface area contributed by atoms with Crippen LogP contribution in [0.3, 0.4) is 0 Å². The van der Waals surface area contributed by atoms with Gasteiger partial charge in [0.15, 0.2) is 0 Å². The number of methoxy groups -OCH3 is 1. The Kier molecular flexibility index (Phi) is 5.23. The molecule has 0 aliphatic heterocycles. The van der Waals surface area contributed by atoms with Gasteiger partial charge in [-0.05, 0) is 24.1 Å². The van der Waals surface area contributed by atoms with Crippen LogP contribution in [0, 0.1) is 6.57 Å². The first-order valence-electron chi connectivity index (χ1n) is 8.45. The molecule has 1 unspecified atom stereocenters. The summed E-state index contributed by atoms with van der Waals surface area (Å²) >= 11 is 0. The van der Waals surface area contributed by atoms with Gasteiger partial charge >= 0.3 is 5.97 Å². The number of ether oxygens (including phenoxy) is 2. The Bertz CT molecular complexity index is 955. The molecule has 0 amide bonds. The average molecular weight is 348 g/mol. The van der Waals surface area contributed by atoms with E-state index in [9.17, 15) is 4.79 Å². The topological polar surface area (TPSA) is 55.7 Å². The van der Waals surface area contributed by atoms with Crippen LogP contribution in [0.4, 0.5) is 5.69 Å². The predicted molar refractivity (Wildman–Crippen MR) is 101 cm³/mol. The zero-order valence-corrected chi connectivity index (χ0v) is 14.8. The second-order valence-electron chi connectivity index (χ2n) is 5.90. The highest BCUT2D eigenvalue weighted by Crippen LogP contribution is 2.40. The molecule has 1 atom stereocenters. The van der Waals surface area contributed by atoms with Gasteiger partial charge in [-0.25, -0.2) is 4.85 Å². The lowest BCUT2D eigenvalue weighted by Gasteiger charge is -2.20. The Morgan fingerprint density at radius 1 is 1.27 bits per heavy atom. The second-order valence-corrected chi connectivity index (χ2v) is 5.90. The number of carbonyl (C=O) groups excluding carboxylic acids is 1. The molecule has 0 spiro atoms. The van der Waals surface area contributed by atoms with Gasteiger partial charge in [-0.1, -0.05) is 30.3 Å². The molecule has 1 aromatic heterocycles. The minimum atomic E-state index is -0.266. The number of fused-ring (bicyclic) bond motifs is 1. The minimum Gasteiger partial charge on any atom is -0.497 e. The van der Waals surface area contributed by atoms with Crippen LogP contribution in [0.25, 0.3) is 15.7 Å². The van der Waals surface area contributed by atoms with E-state index in [1.54, 1.807) is 20.2 Å². The maximum Gasteiger partial charge on any atom is 0.306 e. The molecular weight excluding hydrogens is 328 g/mol. The van der Waals surface area contributed by atoms with E-state index in [1.165, 1.54) is 0 Å². The van der Waals surface area contributed by atoms with Gasteiger partial charge in [-0.2, -0.15) is 0 Å². The number of H-pyrrole nitrogens is 1. The number of nitrogens with zero attached hydrogens (tertiary/aromatic N) is 1. The van der Waals surface area contributed by atoms with Gasteiger partial charge in [-0.3, -0.25) is 4.79 Å². The number of hydrogen-bond donors (Lipinski definition) is 1. The number of esters is 1. The van der Waals surface area contributed by atoms with Gasteiger partial charge in [0.25, 0.3) is 0 Å². The summed E-state index contributed by atoms with van der Waals surface area (Å²) < 4.78 is 10.6. The van der Waals surface area contributed by atoms with Crippen molar-refractivity contribution in [1.29, 1.82) is 0 Å². The summed E-state index contributed by atoms with van der Waals surface area (Å²) in [6, 6.07) is 13.6. The highest BCUT2D eigenvalue weighted by atomic mass is 16.5. The monoisotopic (exact) mass is 348 g/mol. The molecule has 132 valence electrons. The molecule has 2 aromatic carbocycles. The molecule has 1 heterocycles. The van der Waals surface area contributed by atoms with Gasteiger partial charge in [0.2, 0.25) is 5.69 Å². The fraction of sp³-hybridized carbons (Fsp3) is 0.238. The highest BCUT2D eigenvalue weighted by molar-refractivity contribution is 5.97. The number of rotatable bonds is 6. The van der Waals surface area contributed by atoms with Crippen molar-refractivity contribution in [3.05, 3.63) is 71.2 Å². The van der Waals surface area contributed by atoms with Crippen LogP contribution in [0.15, 0.2) is 48.7 Å². The number of benzene rings is 2. The molecule has 0 saturated carbocycles. The number of nitrogens with one attached hydrogen (secondary N) is 1. The summed E-state index contributed by atoms with van der Waals surface area (Å²) in [6.07, 6.45) is 1.88. The predicted octanol–water partition coefficient (Wildman–Crippen LogP) is 4.81. The van der Waals surface area contributed by atoms with E-state index in [2.05, 4.69) is 9.83 Å². The first kappa shape index (κ1) is 17.6. The highest BCUT2D eigenvalue weighted by Gasteiger charge is 2.24. The van der Waals surface area contributed by atoms with E-state index in [1.807, 2.05) is 42.5 Å². The molecule has 0 aliphatic rings. The molecule has 0 bridgehead atoms. The second kappa shape index (κ2) is 7.75. The van der Waals surface area contributed by atoms with Gasteiger partial charge in [0.1, 0.15) is 5.75 Å². The van der Waals surface area contributed by atoms with E-state index < -0.39 is 0 Å². The van der Waals surface area contributed by atoms with E-state index in [4.69, 9.17) is 16.0 Å². The normalized spacial score (nSPS) is 11.7. The van der Waals surface area contributed by atoms with Crippen molar-refractivity contribution in [2.75, 3.05) is 13.7 Å². The van der Waals surface area contributed by atoms with Crippen LogP contribution < -0.4 is 4.74 Å². The Balaban J connectivity index is 2.21. The summed E-state index contributed by atoms with van der Waals surface area (Å²) in [4.78, 5) is 19.0. The molecule has 3 rings (SSSR count). The van der Waals surface area contributed by atoms with Crippen LogP contribution in [0.2, 0.25) is 0 Å². The smallest absolute Gasteiger partial charge is 0.306 e.